The Labute approximate surface area is 223 Å². The Bertz CT molecular complexity index is 1080. The van der Waals surface area contributed by atoms with E-state index in [0.29, 0.717) is 12.0 Å². The summed E-state index contributed by atoms with van der Waals surface area (Å²) in [5, 5.41) is 13.6. The number of primary amides is 1. The van der Waals surface area contributed by atoms with E-state index >= 15 is 0 Å². The van der Waals surface area contributed by atoms with Gasteiger partial charge in [0.1, 0.15) is 6.10 Å². The van der Waals surface area contributed by atoms with E-state index in [1.165, 1.54) is 26.4 Å². The van der Waals surface area contributed by atoms with E-state index in [1.807, 2.05) is 6.92 Å². The monoisotopic (exact) mass is 530 g/mol. The lowest BCUT2D eigenvalue weighted by Crippen LogP contribution is -2.37. The minimum atomic E-state index is -0.993. The van der Waals surface area contributed by atoms with Crippen molar-refractivity contribution < 1.29 is 38.5 Å². The summed E-state index contributed by atoms with van der Waals surface area (Å²) in [6.45, 7) is 6.98. The van der Waals surface area contributed by atoms with Gasteiger partial charge in [-0.15, -0.1) is 0 Å². The molecule has 38 heavy (non-hydrogen) atoms. The van der Waals surface area contributed by atoms with Gasteiger partial charge in [0.05, 0.1) is 17.9 Å². The van der Waals surface area contributed by atoms with Crippen LogP contribution in [0.3, 0.4) is 0 Å². The molecule has 1 aliphatic carbocycles. The highest BCUT2D eigenvalue weighted by atomic mass is 16.6. The number of methoxy groups -OCH3 is 2. The fourth-order valence-electron chi connectivity index (χ4n) is 4.53. The Morgan fingerprint density at radius 3 is 2.39 bits per heavy atom. The highest BCUT2D eigenvalue weighted by Gasteiger charge is 2.31. The molecule has 0 fully saturated rings. The summed E-state index contributed by atoms with van der Waals surface area (Å²) >= 11 is 0. The minimum Gasteiger partial charge on any atom is -0.439 e. The van der Waals surface area contributed by atoms with Crippen molar-refractivity contribution in [1.29, 1.82) is 0 Å². The number of fused-ring (bicyclic) bond motifs is 2. The number of hydrogen-bond acceptors (Lipinski definition) is 8. The molecule has 6 atom stereocenters. The number of amides is 2. The van der Waals surface area contributed by atoms with E-state index in [9.17, 15) is 24.3 Å². The van der Waals surface area contributed by atoms with Gasteiger partial charge in [-0.2, -0.15) is 0 Å². The van der Waals surface area contributed by atoms with Crippen molar-refractivity contribution in [1.82, 2.24) is 5.32 Å². The zero-order valence-electron chi connectivity index (χ0n) is 22.7. The summed E-state index contributed by atoms with van der Waals surface area (Å²) in [4.78, 5) is 49.7. The summed E-state index contributed by atoms with van der Waals surface area (Å²) in [5.74, 6) is -1.93. The van der Waals surface area contributed by atoms with E-state index in [1.54, 1.807) is 39.0 Å². The van der Waals surface area contributed by atoms with Crippen LogP contribution < -0.4 is 11.1 Å². The van der Waals surface area contributed by atoms with Crippen LogP contribution in [0.2, 0.25) is 0 Å². The molecule has 0 radical (unpaired) electrons. The first-order valence-electron chi connectivity index (χ1n) is 12.4. The normalized spacial score (nSPS) is 33.6. The second-order valence-corrected chi connectivity index (χ2v) is 9.79. The van der Waals surface area contributed by atoms with Gasteiger partial charge in [0.25, 0.3) is 5.91 Å². The maximum atomic E-state index is 13.0. The predicted molar refractivity (Wildman–Crippen MR) is 141 cm³/mol. The van der Waals surface area contributed by atoms with Crippen LogP contribution >= 0.6 is 0 Å². The number of carbonyl (C=O) groups is 4. The van der Waals surface area contributed by atoms with Gasteiger partial charge in [0, 0.05) is 37.4 Å². The first-order valence-corrected chi connectivity index (χ1v) is 12.4. The highest BCUT2D eigenvalue weighted by Crippen LogP contribution is 2.27. The van der Waals surface area contributed by atoms with Crippen LogP contribution in [0.4, 0.5) is 4.79 Å². The van der Waals surface area contributed by atoms with Crippen molar-refractivity contribution >= 4 is 23.6 Å². The maximum absolute atomic E-state index is 13.0. The van der Waals surface area contributed by atoms with E-state index in [4.69, 9.17) is 19.9 Å². The Morgan fingerprint density at radius 1 is 1.11 bits per heavy atom. The van der Waals surface area contributed by atoms with Crippen LogP contribution in [0.1, 0.15) is 40.5 Å². The van der Waals surface area contributed by atoms with Crippen molar-refractivity contribution in [2.75, 3.05) is 14.2 Å². The Morgan fingerprint density at radius 2 is 1.79 bits per heavy atom. The highest BCUT2D eigenvalue weighted by molar-refractivity contribution is 6.21. The molecule has 2 aliphatic rings. The lowest BCUT2D eigenvalue weighted by molar-refractivity contribution is -0.120. The lowest BCUT2D eigenvalue weighted by atomic mass is 9.86. The maximum Gasteiger partial charge on any atom is 0.405 e. The number of aliphatic hydroxyl groups is 1. The van der Waals surface area contributed by atoms with Crippen LogP contribution in [-0.2, 0) is 28.6 Å². The largest absolute Gasteiger partial charge is 0.439 e. The molecule has 2 amide bonds. The van der Waals surface area contributed by atoms with Crippen LogP contribution in [0, 0.1) is 11.8 Å². The SMILES string of the molecule is COC1/C=C/C=C(\C)C(=O)NC2=CC(=O)C=C(CC(C)CC(OC)C(O)C(C)/C=C(/C)C1OC(N)=O)C2=O. The fraction of sp³-hybridized carbons (Fsp3) is 0.500. The zero-order chi connectivity index (χ0) is 28.6. The van der Waals surface area contributed by atoms with Gasteiger partial charge in [0.15, 0.2) is 11.9 Å². The quantitative estimate of drug-likeness (QED) is 0.371. The molecule has 4 N–H and O–H groups in total. The van der Waals surface area contributed by atoms with Crippen LogP contribution in [0.25, 0.3) is 0 Å². The van der Waals surface area contributed by atoms with Gasteiger partial charge >= 0.3 is 6.09 Å². The number of aliphatic hydroxyl groups excluding tert-OH is 1. The minimum absolute atomic E-state index is 0.0965. The fourth-order valence-corrected chi connectivity index (χ4v) is 4.53. The van der Waals surface area contributed by atoms with Crippen LogP contribution in [0.5, 0.6) is 0 Å². The number of nitrogens with one attached hydrogen (secondary N) is 1. The van der Waals surface area contributed by atoms with Gasteiger partial charge in [-0.05, 0) is 44.3 Å². The average molecular weight is 531 g/mol. The van der Waals surface area contributed by atoms with Gasteiger partial charge in [-0.1, -0.05) is 38.2 Å². The van der Waals surface area contributed by atoms with Crippen molar-refractivity contribution in [3.05, 3.63) is 58.9 Å². The van der Waals surface area contributed by atoms with Crippen LogP contribution in [-0.4, -0.2) is 67.3 Å². The summed E-state index contributed by atoms with van der Waals surface area (Å²) in [7, 11) is 2.92. The third-order valence-corrected chi connectivity index (χ3v) is 6.61. The molecule has 2 rings (SSSR count). The summed E-state index contributed by atoms with van der Waals surface area (Å²) in [6, 6.07) is 0. The third kappa shape index (κ3) is 8.34. The molecule has 0 spiro atoms. The molecule has 10 nitrogen and oxygen atoms in total. The van der Waals surface area contributed by atoms with E-state index < -0.39 is 53.9 Å². The Balaban J connectivity index is 2.53. The molecule has 2 bridgehead atoms. The van der Waals surface area contributed by atoms with E-state index in [-0.39, 0.29) is 29.2 Å². The number of allylic oxidation sites excluding steroid dienone is 5. The second kappa shape index (κ2) is 14.0. The average Bonchev–Trinajstić information content (AvgIpc) is 2.85. The van der Waals surface area contributed by atoms with Gasteiger partial charge in [0.2, 0.25) is 5.78 Å². The molecular formula is C28H38N2O8. The molecule has 0 saturated heterocycles. The topological polar surface area (TPSA) is 154 Å². The first kappa shape index (κ1) is 30.9. The summed E-state index contributed by atoms with van der Waals surface area (Å²) in [6.07, 6.45) is 5.27. The van der Waals surface area contributed by atoms with Crippen LogP contribution in [0.15, 0.2) is 58.9 Å². The molecular weight excluding hydrogens is 492 g/mol. The molecule has 10 heteroatoms. The number of ketones is 2. The summed E-state index contributed by atoms with van der Waals surface area (Å²) < 4.78 is 16.4. The molecule has 208 valence electrons. The molecule has 0 saturated carbocycles. The lowest BCUT2D eigenvalue weighted by Gasteiger charge is -2.29. The standard InChI is InChI=1S/C28H38N2O8/c1-15-10-19-13-20(31)14-21(25(19)33)30-27(34)16(2)8-7-9-22(36-5)26(38-28(29)35)18(4)12-17(3)24(32)23(11-15)37-6/h7-9,12-15,17,22-24,26,32H,10-11H2,1-6H3,(H2,29,35)(H,30,34)/b9-7+,16-8+,18-12-. The first-order chi connectivity index (χ1) is 17.9. The molecule has 0 aromatic carbocycles. The summed E-state index contributed by atoms with van der Waals surface area (Å²) in [5.41, 5.74) is 6.35. The molecule has 0 aromatic rings. The second-order valence-electron chi connectivity index (χ2n) is 9.79. The Kier molecular flexibility index (Phi) is 11.4. The molecule has 0 aromatic heterocycles. The molecule has 6 unspecified atom stereocenters. The third-order valence-electron chi connectivity index (χ3n) is 6.61. The van der Waals surface area contributed by atoms with Crippen molar-refractivity contribution in [3.8, 4) is 0 Å². The van der Waals surface area contributed by atoms with E-state index in [0.717, 1.165) is 6.08 Å². The number of ether oxygens (including phenoxy) is 3. The van der Waals surface area contributed by atoms with Gasteiger partial charge in [-0.3, -0.25) is 14.4 Å². The zero-order valence-corrected chi connectivity index (χ0v) is 22.7. The number of carbonyl (C=O) groups excluding carboxylic acids is 4. The van der Waals surface area contributed by atoms with Gasteiger partial charge in [-0.25, -0.2) is 4.79 Å². The van der Waals surface area contributed by atoms with Crippen molar-refractivity contribution in [2.45, 2.75) is 65.0 Å². The van der Waals surface area contributed by atoms with Crippen molar-refractivity contribution in [3.63, 3.8) is 0 Å². The molecule has 1 aliphatic heterocycles. The number of Topliss-reactive ketones (excluding diaryl/α,β-unsaturated/α-hetero) is 1. The number of hydrogen-bond donors (Lipinski definition) is 3. The predicted octanol–water partition coefficient (Wildman–Crippen LogP) is 2.43. The van der Waals surface area contributed by atoms with Crippen molar-refractivity contribution in [2.24, 2.45) is 17.6 Å². The number of nitrogens with two attached hydrogens (primary N) is 1. The number of rotatable bonds is 3. The Hall–Kier alpha value is -3.34. The van der Waals surface area contributed by atoms with E-state index in [2.05, 4.69) is 5.32 Å². The van der Waals surface area contributed by atoms with Gasteiger partial charge < -0.3 is 30.4 Å². The molecule has 1 heterocycles. The smallest absolute Gasteiger partial charge is 0.405 e.